The molecule has 1 saturated heterocycles. The Morgan fingerprint density at radius 3 is 2.84 bits per heavy atom. The molecular formula is C17H28BrIN4O2. The van der Waals surface area contributed by atoms with Gasteiger partial charge in [-0.3, -0.25) is 9.89 Å². The molecule has 0 atom stereocenters. The molecule has 8 heteroatoms. The average molecular weight is 527 g/mol. The molecule has 0 aliphatic carbocycles. The molecule has 0 spiro atoms. The Morgan fingerprint density at radius 1 is 1.32 bits per heavy atom. The van der Waals surface area contributed by atoms with Crippen LogP contribution in [0.2, 0.25) is 0 Å². The number of rotatable bonds is 8. The Bertz CT molecular complexity index is 513. The van der Waals surface area contributed by atoms with Crippen molar-refractivity contribution in [3.8, 4) is 5.75 Å². The van der Waals surface area contributed by atoms with Crippen molar-refractivity contribution in [2.75, 3.05) is 59.1 Å². The number of hydrogen-bond donors (Lipinski definition) is 2. The van der Waals surface area contributed by atoms with Crippen molar-refractivity contribution >= 4 is 45.9 Å². The molecule has 25 heavy (non-hydrogen) atoms. The number of guanidine groups is 1. The van der Waals surface area contributed by atoms with E-state index in [0.29, 0.717) is 13.2 Å². The second-order valence-corrected chi connectivity index (χ2v) is 6.36. The molecule has 1 aromatic carbocycles. The second-order valence-electron chi connectivity index (χ2n) is 5.45. The fraction of sp³-hybridized carbons (Fsp3) is 0.588. The van der Waals surface area contributed by atoms with Crippen molar-refractivity contribution in [1.29, 1.82) is 0 Å². The smallest absolute Gasteiger partial charge is 0.191 e. The first-order chi connectivity index (χ1) is 11.8. The zero-order chi connectivity index (χ0) is 17.0. The van der Waals surface area contributed by atoms with E-state index in [-0.39, 0.29) is 24.0 Å². The lowest BCUT2D eigenvalue weighted by Gasteiger charge is -2.25. The summed E-state index contributed by atoms with van der Waals surface area (Å²) in [6.45, 7) is 9.60. The van der Waals surface area contributed by atoms with Gasteiger partial charge in [-0.2, -0.15) is 0 Å². The Morgan fingerprint density at radius 2 is 2.12 bits per heavy atom. The highest BCUT2D eigenvalue weighted by atomic mass is 127. The van der Waals surface area contributed by atoms with E-state index in [1.165, 1.54) is 0 Å². The van der Waals surface area contributed by atoms with Gasteiger partial charge >= 0.3 is 0 Å². The largest absolute Gasteiger partial charge is 0.492 e. The number of morpholine rings is 1. The van der Waals surface area contributed by atoms with E-state index in [1.54, 1.807) is 0 Å². The number of benzene rings is 1. The van der Waals surface area contributed by atoms with Crippen LogP contribution in [0.25, 0.3) is 0 Å². The number of nitrogens with zero attached hydrogens (tertiary/aromatic N) is 2. The number of halogens is 2. The molecular weight excluding hydrogens is 499 g/mol. The van der Waals surface area contributed by atoms with Crippen LogP contribution in [0.15, 0.2) is 33.7 Å². The summed E-state index contributed by atoms with van der Waals surface area (Å²) in [6, 6.07) is 7.85. The predicted octanol–water partition coefficient (Wildman–Crippen LogP) is 2.33. The van der Waals surface area contributed by atoms with Crippen LogP contribution >= 0.6 is 39.9 Å². The topological polar surface area (TPSA) is 58.1 Å². The number of aliphatic imine (C=N–C) groups is 1. The molecule has 1 fully saturated rings. The van der Waals surface area contributed by atoms with Gasteiger partial charge < -0.3 is 20.1 Å². The molecule has 6 nitrogen and oxygen atoms in total. The monoisotopic (exact) mass is 526 g/mol. The maximum atomic E-state index is 5.72. The van der Waals surface area contributed by atoms with E-state index < -0.39 is 0 Å². The minimum atomic E-state index is 0. The third kappa shape index (κ3) is 9.62. The lowest BCUT2D eigenvalue weighted by molar-refractivity contribution is 0.0394. The molecule has 0 saturated carbocycles. The average Bonchev–Trinajstić information content (AvgIpc) is 2.60. The molecule has 1 heterocycles. The number of nitrogens with one attached hydrogen (secondary N) is 2. The number of ether oxygens (including phenoxy) is 2. The second kappa shape index (κ2) is 13.6. The van der Waals surface area contributed by atoms with Crippen molar-refractivity contribution in [2.45, 2.75) is 6.92 Å². The Balaban J connectivity index is 0.00000312. The van der Waals surface area contributed by atoms with Crippen LogP contribution in [0.3, 0.4) is 0 Å². The first-order valence-corrected chi connectivity index (χ1v) is 9.28. The van der Waals surface area contributed by atoms with Gasteiger partial charge in [-0.25, -0.2) is 0 Å². The molecule has 2 N–H and O–H groups in total. The van der Waals surface area contributed by atoms with Gasteiger partial charge in [0.2, 0.25) is 0 Å². The zero-order valence-corrected chi connectivity index (χ0v) is 18.6. The summed E-state index contributed by atoms with van der Waals surface area (Å²) >= 11 is 3.44. The summed E-state index contributed by atoms with van der Waals surface area (Å²) in [5.41, 5.74) is 0. The lowest BCUT2D eigenvalue weighted by atomic mass is 10.3. The van der Waals surface area contributed by atoms with Crippen molar-refractivity contribution in [1.82, 2.24) is 15.5 Å². The van der Waals surface area contributed by atoms with Gasteiger partial charge in [-0.1, -0.05) is 22.0 Å². The van der Waals surface area contributed by atoms with E-state index in [9.17, 15) is 0 Å². The van der Waals surface area contributed by atoms with E-state index in [2.05, 4.69) is 43.4 Å². The maximum absolute atomic E-state index is 5.72. The minimum Gasteiger partial charge on any atom is -0.492 e. The highest BCUT2D eigenvalue weighted by Gasteiger charge is 2.09. The molecule has 0 aromatic heterocycles. The van der Waals surface area contributed by atoms with Crippen LogP contribution in [-0.4, -0.2) is 69.9 Å². The zero-order valence-electron chi connectivity index (χ0n) is 14.7. The highest BCUT2D eigenvalue weighted by Crippen LogP contribution is 2.17. The summed E-state index contributed by atoms with van der Waals surface area (Å²) in [4.78, 5) is 7.00. The molecule has 0 radical (unpaired) electrons. The van der Waals surface area contributed by atoms with Crippen molar-refractivity contribution in [2.24, 2.45) is 4.99 Å². The minimum absolute atomic E-state index is 0. The quantitative estimate of drug-likeness (QED) is 0.236. The summed E-state index contributed by atoms with van der Waals surface area (Å²) in [5.74, 6) is 1.70. The highest BCUT2D eigenvalue weighted by molar-refractivity contribution is 14.0. The van der Waals surface area contributed by atoms with Gasteiger partial charge in [0.05, 0.1) is 26.3 Å². The maximum Gasteiger partial charge on any atom is 0.191 e. The fourth-order valence-corrected chi connectivity index (χ4v) is 2.74. The van der Waals surface area contributed by atoms with Gasteiger partial charge in [0.1, 0.15) is 12.4 Å². The summed E-state index contributed by atoms with van der Waals surface area (Å²) in [5, 5.41) is 6.56. The molecule has 0 bridgehead atoms. The van der Waals surface area contributed by atoms with Gasteiger partial charge in [-0.05, 0) is 25.1 Å². The van der Waals surface area contributed by atoms with E-state index >= 15 is 0 Å². The molecule has 1 aromatic rings. The van der Waals surface area contributed by atoms with Crippen LogP contribution in [0, 0.1) is 0 Å². The standard InChI is InChI=1S/C17H27BrN4O2.HI/c1-2-19-17(20-6-8-22-9-12-23-13-10-22)21-7-11-24-16-5-3-4-15(18)14-16;/h3-5,14H,2,6-13H2,1H3,(H2,19,20,21);1H. The summed E-state index contributed by atoms with van der Waals surface area (Å²) < 4.78 is 12.1. The van der Waals surface area contributed by atoms with Crippen LogP contribution in [0.1, 0.15) is 6.92 Å². The molecule has 2 rings (SSSR count). The molecule has 142 valence electrons. The third-order valence-electron chi connectivity index (χ3n) is 3.59. The fourth-order valence-electron chi connectivity index (χ4n) is 2.36. The van der Waals surface area contributed by atoms with Crippen LogP contribution < -0.4 is 15.4 Å². The van der Waals surface area contributed by atoms with Crippen LogP contribution in [0.4, 0.5) is 0 Å². The SMILES string of the molecule is CCNC(=NCCN1CCOCC1)NCCOc1cccc(Br)c1.I. The first kappa shape index (κ1) is 22.5. The Hall–Kier alpha value is -0.580. The van der Waals surface area contributed by atoms with Gasteiger partial charge in [0.15, 0.2) is 5.96 Å². The Labute approximate surface area is 175 Å². The number of hydrogen-bond acceptors (Lipinski definition) is 4. The van der Waals surface area contributed by atoms with Gasteiger partial charge in [0, 0.05) is 30.7 Å². The van der Waals surface area contributed by atoms with E-state index in [4.69, 9.17) is 9.47 Å². The first-order valence-electron chi connectivity index (χ1n) is 8.48. The lowest BCUT2D eigenvalue weighted by Crippen LogP contribution is -2.41. The van der Waals surface area contributed by atoms with Crippen LogP contribution in [-0.2, 0) is 4.74 Å². The summed E-state index contributed by atoms with van der Waals surface area (Å²) in [7, 11) is 0. The molecule has 1 aliphatic rings. The van der Waals surface area contributed by atoms with Crippen LogP contribution in [0.5, 0.6) is 5.75 Å². The Kier molecular flexibility index (Phi) is 12.2. The predicted molar refractivity (Wildman–Crippen MR) is 116 cm³/mol. The van der Waals surface area contributed by atoms with Crippen molar-refractivity contribution in [3.05, 3.63) is 28.7 Å². The molecule has 0 amide bonds. The normalized spacial score (nSPS) is 15.4. The van der Waals surface area contributed by atoms with Crippen molar-refractivity contribution < 1.29 is 9.47 Å². The summed E-state index contributed by atoms with van der Waals surface area (Å²) in [6.07, 6.45) is 0. The van der Waals surface area contributed by atoms with Gasteiger partial charge in [-0.15, -0.1) is 24.0 Å². The molecule has 0 unspecified atom stereocenters. The van der Waals surface area contributed by atoms with E-state index in [1.807, 2.05) is 24.3 Å². The molecule has 1 aliphatic heterocycles. The van der Waals surface area contributed by atoms with Gasteiger partial charge in [0.25, 0.3) is 0 Å². The third-order valence-corrected chi connectivity index (χ3v) is 4.09. The van der Waals surface area contributed by atoms with Crippen molar-refractivity contribution in [3.63, 3.8) is 0 Å². The van der Waals surface area contributed by atoms with E-state index in [0.717, 1.165) is 62.1 Å².